The number of piperazine rings is 1. The fourth-order valence-corrected chi connectivity index (χ4v) is 8.28. The van der Waals surface area contributed by atoms with Gasteiger partial charge in [0.15, 0.2) is 11.5 Å². The van der Waals surface area contributed by atoms with Crippen LogP contribution in [0.15, 0.2) is 70.5 Å². The van der Waals surface area contributed by atoms with Gasteiger partial charge in [-0.15, -0.1) is 0 Å². The molecule has 3 aromatic carbocycles. The van der Waals surface area contributed by atoms with Gasteiger partial charge in [0.25, 0.3) is 5.91 Å². The number of carbonyl (C=O) groups is 1. The molecule has 0 aliphatic carbocycles. The highest BCUT2D eigenvalue weighted by Gasteiger charge is 2.35. The Hall–Kier alpha value is -3.60. The van der Waals surface area contributed by atoms with E-state index in [-0.39, 0.29) is 34.3 Å². The van der Waals surface area contributed by atoms with Crippen LogP contribution in [-0.4, -0.2) is 87.7 Å². The lowest BCUT2D eigenvalue weighted by Gasteiger charge is -2.47. The van der Waals surface area contributed by atoms with Crippen molar-refractivity contribution in [3.8, 4) is 17.2 Å². The number of fused-ring (bicyclic) bond motifs is 1. The number of hydrogen-bond acceptors (Lipinski definition) is 8. The van der Waals surface area contributed by atoms with Crippen LogP contribution < -0.4 is 14.2 Å². The van der Waals surface area contributed by atoms with E-state index < -0.39 is 9.84 Å². The second-order valence-corrected chi connectivity index (χ2v) is 13.9. The molecular weight excluding hydrogens is 578 g/mol. The molecule has 9 nitrogen and oxygen atoms in total. The second kappa shape index (κ2) is 12.4. The Morgan fingerprint density at radius 3 is 2.32 bits per heavy atom. The topological polar surface area (TPSA) is 88.6 Å². The lowest BCUT2D eigenvalue weighted by molar-refractivity contribution is 0.0135. The van der Waals surface area contributed by atoms with Gasteiger partial charge in [-0.1, -0.05) is 30.3 Å². The summed E-state index contributed by atoms with van der Waals surface area (Å²) in [6.45, 7) is 10.9. The van der Waals surface area contributed by atoms with Gasteiger partial charge in [0, 0.05) is 56.4 Å². The minimum absolute atomic E-state index is 0.0486. The summed E-state index contributed by atoms with van der Waals surface area (Å²) < 4.78 is 43.4. The summed E-state index contributed by atoms with van der Waals surface area (Å²) in [4.78, 5) is 20.5. The number of piperidine rings is 1. The lowest BCUT2D eigenvalue weighted by Crippen LogP contribution is -2.57. The molecule has 10 heteroatoms. The molecule has 44 heavy (non-hydrogen) atoms. The molecule has 0 saturated carbocycles. The number of nitrogens with zero attached hydrogens (tertiary/aromatic N) is 3. The first kappa shape index (κ1) is 30.4. The maximum Gasteiger partial charge on any atom is 0.254 e. The van der Waals surface area contributed by atoms with Crippen LogP contribution in [0.1, 0.15) is 54.2 Å². The molecule has 2 fully saturated rings. The van der Waals surface area contributed by atoms with Crippen molar-refractivity contribution in [1.29, 1.82) is 0 Å². The zero-order valence-corrected chi connectivity index (χ0v) is 26.7. The number of likely N-dealkylation sites (tertiary alicyclic amines) is 1. The van der Waals surface area contributed by atoms with Crippen molar-refractivity contribution >= 4 is 15.7 Å². The Balaban J connectivity index is 1.07. The van der Waals surface area contributed by atoms with E-state index in [4.69, 9.17) is 14.2 Å². The van der Waals surface area contributed by atoms with Crippen molar-refractivity contribution in [1.82, 2.24) is 14.7 Å². The largest absolute Gasteiger partial charge is 0.493 e. The minimum Gasteiger partial charge on any atom is -0.493 e. The maximum atomic E-state index is 13.5. The SMILES string of the molecule is COc1ccc(S(=O)(=O)c2ccc([C@H](C)N3CCN(C4CCN(C(=O)c5ccccc5C)CC4)C[C@H]3C)cc2)c2c1OCO2. The summed E-state index contributed by atoms with van der Waals surface area (Å²) in [6.07, 6.45) is 1.98. The number of carbonyl (C=O) groups excluding carboxylic acids is 1. The Labute approximate surface area is 260 Å². The summed E-state index contributed by atoms with van der Waals surface area (Å²) in [6, 6.07) is 19.1. The highest BCUT2D eigenvalue weighted by atomic mass is 32.2. The van der Waals surface area contributed by atoms with E-state index in [1.54, 1.807) is 18.2 Å². The maximum absolute atomic E-state index is 13.5. The summed E-state index contributed by atoms with van der Waals surface area (Å²) in [5.74, 6) is 1.08. The molecule has 0 radical (unpaired) electrons. The summed E-state index contributed by atoms with van der Waals surface area (Å²) in [5.41, 5.74) is 2.91. The number of hydrogen-bond donors (Lipinski definition) is 0. The Bertz CT molecular complexity index is 1620. The number of rotatable bonds is 7. The third kappa shape index (κ3) is 5.66. The smallest absolute Gasteiger partial charge is 0.254 e. The van der Waals surface area contributed by atoms with Gasteiger partial charge in [-0.05, 0) is 75.1 Å². The van der Waals surface area contributed by atoms with Gasteiger partial charge >= 0.3 is 0 Å². The Kier molecular flexibility index (Phi) is 8.59. The molecule has 0 N–H and O–H groups in total. The first-order valence-electron chi connectivity index (χ1n) is 15.4. The molecule has 2 saturated heterocycles. The number of amides is 1. The van der Waals surface area contributed by atoms with Gasteiger partial charge in [-0.3, -0.25) is 14.6 Å². The predicted molar refractivity (Wildman–Crippen MR) is 167 cm³/mol. The number of sulfone groups is 1. The van der Waals surface area contributed by atoms with E-state index in [1.165, 1.54) is 13.2 Å². The average Bonchev–Trinajstić information content (AvgIpc) is 3.54. The Morgan fingerprint density at radius 1 is 0.932 bits per heavy atom. The molecule has 0 bridgehead atoms. The van der Waals surface area contributed by atoms with E-state index in [9.17, 15) is 13.2 Å². The van der Waals surface area contributed by atoms with Crippen LogP contribution in [0.2, 0.25) is 0 Å². The van der Waals surface area contributed by atoms with E-state index in [2.05, 4.69) is 23.6 Å². The first-order chi connectivity index (χ1) is 21.2. The zero-order valence-electron chi connectivity index (χ0n) is 25.9. The molecule has 3 aliphatic heterocycles. The second-order valence-electron chi connectivity index (χ2n) is 12.0. The van der Waals surface area contributed by atoms with Gasteiger partial charge in [0.1, 0.15) is 4.90 Å². The summed E-state index contributed by atoms with van der Waals surface area (Å²) in [5, 5.41) is 0. The average molecular weight is 620 g/mol. The van der Waals surface area contributed by atoms with E-state index in [0.29, 0.717) is 23.6 Å². The van der Waals surface area contributed by atoms with Gasteiger partial charge in [0.2, 0.25) is 22.4 Å². The van der Waals surface area contributed by atoms with E-state index in [0.717, 1.165) is 62.3 Å². The summed E-state index contributed by atoms with van der Waals surface area (Å²) >= 11 is 0. The fraction of sp³-hybridized carbons (Fsp3) is 0.441. The van der Waals surface area contributed by atoms with Gasteiger partial charge in [-0.2, -0.15) is 0 Å². The molecule has 1 amide bonds. The number of benzene rings is 3. The van der Waals surface area contributed by atoms with Crippen LogP contribution in [0.4, 0.5) is 0 Å². The first-order valence-corrected chi connectivity index (χ1v) is 16.8. The standard InChI is InChI=1S/C34H41N3O6S/c1-23-7-5-6-8-29(23)34(38)35-17-15-27(16-18-35)36-19-20-37(24(2)21-36)25(3)26-9-11-28(12-10-26)44(39,40)31-14-13-30(41-4)32-33(31)43-22-42-32/h5-14,24-25,27H,15-22H2,1-4H3/t24-,25+/m1/s1. The fourth-order valence-electron chi connectivity index (χ4n) is 6.89. The zero-order chi connectivity index (χ0) is 31.0. The van der Waals surface area contributed by atoms with Crippen LogP contribution in [0.25, 0.3) is 0 Å². The monoisotopic (exact) mass is 619 g/mol. The molecule has 234 valence electrons. The quantitative estimate of drug-likeness (QED) is 0.368. The number of ether oxygens (including phenoxy) is 3. The molecule has 0 unspecified atom stereocenters. The van der Waals surface area contributed by atoms with Crippen molar-refractivity contribution in [2.45, 2.75) is 61.5 Å². The van der Waals surface area contributed by atoms with Gasteiger partial charge in [0.05, 0.1) is 12.0 Å². The van der Waals surface area contributed by atoms with Crippen LogP contribution in [-0.2, 0) is 9.84 Å². The molecule has 0 aromatic heterocycles. The highest BCUT2D eigenvalue weighted by Crippen LogP contribution is 2.46. The van der Waals surface area contributed by atoms with Crippen molar-refractivity contribution in [2.75, 3.05) is 46.6 Å². The Morgan fingerprint density at radius 2 is 1.64 bits per heavy atom. The number of methoxy groups -OCH3 is 1. The van der Waals surface area contributed by atoms with Crippen molar-refractivity contribution in [2.24, 2.45) is 0 Å². The molecule has 2 atom stereocenters. The van der Waals surface area contributed by atoms with E-state index >= 15 is 0 Å². The predicted octanol–water partition coefficient (Wildman–Crippen LogP) is 4.94. The molecule has 0 spiro atoms. The molecular formula is C34H41N3O6S. The van der Waals surface area contributed by atoms with Gasteiger partial charge in [-0.25, -0.2) is 8.42 Å². The highest BCUT2D eigenvalue weighted by molar-refractivity contribution is 7.91. The molecule has 3 heterocycles. The van der Waals surface area contributed by atoms with Gasteiger partial charge < -0.3 is 19.1 Å². The third-order valence-corrected chi connectivity index (χ3v) is 11.3. The number of aryl methyl sites for hydroxylation is 1. The van der Waals surface area contributed by atoms with E-state index in [1.807, 2.05) is 48.2 Å². The van der Waals surface area contributed by atoms with Crippen molar-refractivity contribution in [3.05, 3.63) is 77.4 Å². The van der Waals surface area contributed by atoms with Crippen LogP contribution in [0.5, 0.6) is 17.2 Å². The normalized spacial score (nSPS) is 20.5. The van der Waals surface area contributed by atoms with Crippen LogP contribution in [0.3, 0.4) is 0 Å². The van der Waals surface area contributed by atoms with Crippen molar-refractivity contribution in [3.63, 3.8) is 0 Å². The minimum atomic E-state index is -3.82. The summed E-state index contributed by atoms with van der Waals surface area (Å²) in [7, 11) is -2.31. The molecule has 3 aromatic rings. The van der Waals surface area contributed by atoms with Crippen molar-refractivity contribution < 1.29 is 27.4 Å². The van der Waals surface area contributed by atoms with Crippen LogP contribution in [0, 0.1) is 6.92 Å². The third-order valence-electron chi connectivity index (χ3n) is 9.48. The molecule has 3 aliphatic rings. The van der Waals surface area contributed by atoms with Crippen LogP contribution >= 0.6 is 0 Å². The molecule has 6 rings (SSSR count). The lowest BCUT2D eigenvalue weighted by atomic mass is 9.98.